The van der Waals surface area contributed by atoms with Gasteiger partial charge in [0.25, 0.3) is 0 Å². The van der Waals surface area contributed by atoms with Gasteiger partial charge in [0.1, 0.15) is 0 Å². The smallest absolute Gasteiger partial charge is 0.0674 e. The fourth-order valence-corrected chi connectivity index (χ4v) is 2.73. The van der Waals surface area contributed by atoms with Gasteiger partial charge in [0.15, 0.2) is 0 Å². The molecule has 90 valence electrons. The second-order valence-electron chi connectivity index (χ2n) is 4.13. The van der Waals surface area contributed by atoms with Crippen molar-refractivity contribution in [2.24, 2.45) is 0 Å². The third-order valence-electron chi connectivity index (χ3n) is 2.80. The molecule has 0 fully saturated rings. The molecule has 2 aromatic heterocycles. The van der Waals surface area contributed by atoms with Crippen LogP contribution in [0.1, 0.15) is 35.4 Å². The van der Waals surface area contributed by atoms with Crippen molar-refractivity contribution in [2.45, 2.75) is 26.3 Å². The van der Waals surface area contributed by atoms with E-state index >= 15 is 0 Å². The van der Waals surface area contributed by atoms with Crippen LogP contribution in [0, 0.1) is 6.92 Å². The van der Waals surface area contributed by atoms with Gasteiger partial charge < -0.3 is 5.32 Å². The van der Waals surface area contributed by atoms with Gasteiger partial charge in [-0.1, -0.05) is 13.0 Å². The van der Waals surface area contributed by atoms with Crippen LogP contribution in [-0.2, 0) is 0 Å². The lowest BCUT2D eigenvalue weighted by molar-refractivity contribution is 0.603. The third kappa shape index (κ3) is 2.93. The zero-order valence-corrected chi connectivity index (χ0v) is 11.1. The number of nitrogens with zero attached hydrogens (tertiary/aromatic N) is 1. The maximum Gasteiger partial charge on any atom is 0.0674 e. The van der Waals surface area contributed by atoms with E-state index in [4.69, 9.17) is 0 Å². The fraction of sp³-hybridized carbons (Fsp3) is 0.357. The largest absolute Gasteiger partial charge is 0.306 e. The standard InChI is InChI=1S/C14H18N2S/c1-3-7-16-14(13-5-4-9-17-13)12-6-8-15-10-11(12)2/h4-6,8-10,14,16H,3,7H2,1-2H3. The molecular weight excluding hydrogens is 228 g/mol. The van der Waals surface area contributed by atoms with Gasteiger partial charge in [-0.05, 0) is 48.5 Å². The van der Waals surface area contributed by atoms with Crippen LogP contribution in [-0.4, -0.2) is 11.5 Å². The van der Waals surface area contributed by atoms with E-state index in [1.54, 1.807) is 11.3 Å². The van der Waals surface area contributed by atoms with E-state index in [9.17, 15) is 0 Å². The zero-order valence-electron chi connectivity index (χ0n) is 10.3. The molecule has 0 amide bonds. The number of hydrogen-bond acceptors (Lipinski definition) is 3. The van der Waals surface area contributed by atoms with E-state index in [0.29, 0.717) is 6.04 Å². The fourth-order valence-electron chi connectivity index (χ4n) is 1.92. The molecule has 3 heteroatoms. The minimum atomic E-state index is 0.304. The minimum absolute atomic E-state index is 0.304. The van der Waals surface area contributed by atoms with Crippen molar-refractivity contribution in [3.8, 4) is 0 Å². The SMILES string of the molecule is CCCNC(c1cccs1)c1ccncc1C. The molecule has 0 saturated carbocycles. The molecule has 0 bridgehead atoms. The van der Waals surface area contributed by atoms with Crippen molar-refractivity contribution >= 4 is 11.3 Å². The summed E-state index contributed by atoms with van der Waals surface area (Å²) in [5, 5.41) is 5.74. The predicted molar refractivity (Wildman–Crippen MR) is 73.4 cm³/mol. The predicted octanol–water partition coefficient (Wildman–Crippen LogP) is 3.54. The van der Waals surface area contributed by atoms with Gasteiger partial charge in [0, 0.05) is 17.3 Å². The van der Waals surface area contributed by atoms with Crippen LogP contribution in [0.5, 0.6) is 0 Å². The average molecular weight is 246 g/mol. The molecule has 2 heterocycles. The number of rotatable bonds is 5. The normalized spacial score (nSPS) is 12.6. The average Bonchev–Trinajstić information content (AvgIpc) is 2.85. The van der Waals surface area contributed by atoms with Gasteiger partial charge in [0.05, 0.1) is 6.04 Å². The van der Waals surface area contributed by atoms with Gasteiger partial charge in [0.2, 0.25) is 0 Å². The summed E-state index contributed by atoms with van der Waals surface area (Å²) in [7, 11) is 0. The highest BCUT2D eigenvalue weighted by Gasteiger charge is 2.15. The van der Waals surface area contributed by atoms with Crippen molar-refractivity contribution in [1.29, 1.82) is 0 Å². The lowest BCUT2D eigenvalue weighted by atomic mass is 10.0. The summed E-state index contributed by atoms with van der Waals surface area (Å²) in [6, 6.07) is 6.72. The summed E-state index contributed by atoms with van der Waals surface area (Å²) in [6.07, 6.45) is 4.95. The second-order valence-corrected chi connectivity index (χ2v) is 5.11. The molecule has 2 aromatic rings. The van der Waals surface area contributed by atoms with Crippen LogP contribution < -0.4 is 5.32 Å². The van der Waals surface area contributed by atoms with Crippen LogP contribution >= 0.6 is 11.3 Å². The topological polar surface area (TPSA) is 24.9 Å². The maximum absolute atomic E-state index is 4.16. The first-order valence-electron chi connectivity index (χ1n) is 6.00. The van der Waals surface area contributed by atoms with E-state index in [1.807, 2.05) is 12.4 Å². The summed E-state index contributed by atoms with van der Waals surface area (Å²) in [5.74, 6) is 0. The van der Waals surface area contributed by atoms with Crippen molar-refractivity contribution in [1.82, 2.24) is 10.3 Å². The molecule has 1 unspecified atom stereocenters. The monoisotopic (exact) mass is 246 g/mol. The lowest BCUT2D eigenvalue weighted by Crippen LogP contribution is -2.23. The quantitative estimate of drug-likeness (QED) is 0.873. The summed E-state index contributed by atoms with van der Waals surface area (Å²) in [5.41, 5.74) is 2.57. The van der Waals surface area contributed by atoms with Crippen LogP contribution in [0.15, 0.2) is 36.0 Å². The first-order chi connectivity index (χ1) is 8.33. The molecule has 0 aromatic carbocycles. The second kappa shape index (κ2) is 5.94. The maximum atomic E-state index is 4.16. The Labute approximate surface area is 107 Å². The molecule has 2 rings (SSSR count). The number of thiophene rings is 1. The number of aromatic nitrogens is 1. The Morgan fingerprint density at radius 1 is 1.41 bits per heavy atom. The zero-order chi connectivity index (χ0) is 12.1. The van der Waals surface area contributed by atoms with E-state index in [0.717, 1.165) is 13.0 Å². The lowest BCUT2D eigenvalue weighted by Gasteiger charge is -2.19. The summed E-state index contributed by atoms with van der Waals surface area (Å²) in [4.78, 5) is 5.53. The molecule has 0 aliphatic rings. The first-order valence-corrected chi connectivity index (χ1v) is 6.88. The highest BCUT2D eigenvalue weighted by atomic mass is 32.1. The van der Waals surface area contributed by atoms with Gasteiger partial charge in [-0.3, -0.25) is 4.98 Å². The van der Waals surface area contributed by atoms with E-state index in [1.165, 1.54) is 16.0 Å². The van der Waals surface area contributed by atoms with Crippen molar-refractivity contribution in [3.63, 3.8) is 0 Å². The van der Waals surface area contributed by atoms with E-state index in [-0.39, 0.29) is 0 Å². The van der Waals surface area contributed by atoms with Gasteiger partial charge in [-0.15, -0.1) is 11.3 Å². The summed E-state index contributed by atoms with van der Waals surface area (Å²) >= 11 is 1.80. The van der Waals surface area contributed by atoms with Gasteiger partial charge >= 0.3 is 0 Å². The Morgan fingerprint density at radius 3 is 2.94 bits per heavy atom. The number of pyridine rings is 1. The van der Waals surface area contributed by atoms with Crippen LogP contribution in [0.25, 0.3) is 0 Å². The highest BCUT2D eigenvalue weighted by molar-refractivity contribution is 7.10. The summed E-state index contributed by atoms with van der Waals surface area (Å²) in [6.45, 7) is 5.35. The molecule has 2 nitrogen and oxygen atoms in total. The molecule has 1 atom stereocenters. The Hall–Kier alpha value is -1.19. The van der Waals surface area contributed by atoms with Crippen LogP contribution in [0.4, 0.5) is 0 Å². The van der Waals surface area contributed by atoms with Crippen molar-refractivity contribution in [2.75, 3.05) is 6.54 Å². The van der Waals surface area contributed by atoms with E-state index in [2.05, 4.69) is 47.7 Å². The molecule has 0 aliphatic carbocycles. The third-order valence-corrected chi connectivity index (χ3v) is 3.74. The Morgan fingerprint density at radius 2 is 2.29 bits per heavy atom. The molecule has 1 N–H and O–H groups in total. The highest BCUT2D eigenvalue weighted by Crippen LogP contribution is 2.27. The Kier molecular flexibility index (Phi) is 4.29. The van der Waals surface area contributed by atoms with E-state index < -0.39 is 0 Å². The molecule has 0 saturated heterocycles. The molecular formula is C14H18N2S. The molecule has 17 heavy (non-hydrogen) atoms. The van der Waals surface area contributed by atoms with Crippen LogP contribution in [0.2, 0.25) is 0 Å². The van der Waals surface area contributed by atoms with Gasteiger partial charge in [-0.25, -0.2) is 0 Å². The van der Waals surface area contributed by atoms with Gasteiger partial charge in [-0.2, -0.15) is 0 Å². The summed E-state index contributed by atoms with van der Waals surface area (Å²) < 4.78 is 0. The molecule has 0 aliphatic heterocycles. The first kappa shape index (κ1) is 12.3. The number of aryl methyl sites for hydroxylation is 1. The Balaban J connectivity index is 2.30. The number of hydrogen-bond donors (Lipinski definition) is 1. The Bertz CT molecular complexity index is 451. The van der Waals surface area contributed by atoms with Crippen molar-refractivity contribution < 1.29 is 0 Å². The molecule has 0 spiro atoms. The number of nitrogens with one attached hydrogen (secondary N) is 1. The van der Waals surface area contributed by atoms with Crippen LogP contribution in [0.3, 0.4) is 0 Å². The molecule has 0 radical (unpaired) electrons. The minimum Gasteiger partial charge on any atom is -0.306 e. The van der Waals surface area contributed by atoms with Crippen molar-refractivity contribution in [3.05, 3.63) is 52.0 Å².